The minimum atomic E-state index is -0.275. The van der Waals surface area contributed by atoms with E-state index in [1.165, 1.54) is 4.90 Å². The third-order valence-corrected chi connectivity index (χ3v) is 6.26. The van der Waals surface area contributed by atoms with Crippen LogP contribution in [0.5, 0.6) is 0 Å². The fourth-order valence-electron chi connectivity index (χ4n) is 4.33. The van der Waals surface area contributed by atoms with Gasteiger partial charge in [0.05, 0.1) is 17.5 Å². The molecule has 150 valence electrons. The molecule has 1 saturated carbocycles. The Morgan fingerprint density at radius 1 is 1.03 bits per heavy atom. The van der Waals surface area contributed by atoms with Crippen molar-refractivity contribution in [3.8, 4) is 0 Å². The van der Waals surface area contributed by atoms with Crippen molar-refractivity contribution < 1.29 is 14.4 Å². The van der Waals surface area contributed by atoms with Gasteiger partial charge in [0.1, 0.15) is 0 Å². The second-order valence-corrected chi connectivity index (χ2v) is 8.54. The quantitative estimate of drug-likeness (QED) is 0.737. The number of carbonyl (C=O) groups is 3. The van der Waals surface area contributed by atoms with Gasteiger partial charge in [-0.25, -0.2) is 0 Å². The van der Waals surface area contributed by atoms with Gasteiger partial charge in [0.15, 0.2) is 0 Å². The summed E-state index contributed by atoms with van der Waals surface area (Å²) in [4.78, 5) is 39.5. The second kappa shape index (κ2) is 7.64. The molecule has 2 aliphatic rings. The van der Waals surface area contributed by atoms with Gasteiger partial charge >= 0.3 is 0 Å². The fourth-order valence-corrected chi connectivity index (χ4v) is 4.50. The number of benzene rings is 2. The largest absolute Gasteiger partial charge is 0.322 e. The highest BCUT2D eigenvalue weighted by molar-refractivity contribution is 6.31. The molecule has 5 nitrogen and oxygen atoms in total. The highest BCUT2D eigenvalue weighted by Gasteiger charge is 2.49. The van der Waals surface area contributed by atoms with Crippen LogP contribution in [0.2, 0.25) is 5.02 Å². The van der Waals surface area contributed by atoms with E-state index in [4.69, 9.17) is 11.6 Å². The molecule has 2 aromatic carbocycles. The number of hydrogen-bond acceptors (Lipinski definition) is 3. The van der Waals surface area contributed by atoms with Crippen LogP contribution >= 0.6 is 11.6 Å². The number of rotatable bonds is 3. The minimum Gasteiger partial charge on any atom is -0.322 e. The zero-order valence-corrected chi connectivity index (χ0v) is 17.2. The Morgan fingerprint density at radius 3 is 2.45 bits per heavy atom. The van der Waals surface area contributed by atoms with E-state index in [1.54, 1.807) is 36.4 Å². The van der Waals surface area contributed by atoms with Crippen molar-refractivity contribution in [2.24, 2.45) is 17.8 Å². The van der Waals surface area contributed by atoms with E-state index in [9.17, 15) is 14.4 Å². The maximum atomic E-state index is 12.8. The number of imide groups is 1. The summed E-state index contributed by atoms with van der Waals surface area (Å²) >= 11 is 6.01. The Morgan fingerprint density at radius 2 is 1.72 bits per heavy atom. The van der Waals surface area contributed by atoms with Crippen LogP contribution in [0.3, 0.4) is 0 Å². The maximum Gasteiger partial charge on any atom is 0.255 e. The molecule has 1 saturated heterocycles. The first-order chi connectivity index (χ1) is 13.8. The zero-order valence-electron chi connectivity index (χ0n) is 16.4. The van der Waals surface area contributed by atoms with Gasteiger partial charge in [-0.3, -0.25) is 19.3 Å². The van der Waals surface area contributed by atoms with E-state index in [-0.39, 0.29) is 29.6 Å². The molecular formula is C23H23ClN2O3. The molecule has 6 heteroatoms. The van der Waals surface area contributed by atoms with Gasteiger partial charge in [-0.15, -0.1) is 0 Å². The van der Waals surface area contributed by atoms with Gasteiger partial charge in [-0.05, 0) is 74.1 Å². The Balaban J connectivity index is 1.52. The molecule has 0 bridgehead atoms. The van der Waals surface area contributed by atoms with Crippen LogP contribution in [0.25, 0.3) is 0 Å². The van der Waals surface area contributed by atoms with Crippen molar-refractivity contribution in [3.63, 3.8) is 0 Å². The van der Waals surface area contributed by atoms with Crippen molar-refractivity contribution in [2.75, 3.05) is 10.2 Å². The van der Waals surface area contributed by atoms with Gasteiger partial charge in [-0.2, -0.15) is 0 Å². The number of amides is 3. The number of halogens is 1. The van der Waals surface area contributed by atoms with Crippen LogP contribution in [0.4, 0.5) is 11.4 Å². The van der Waals surface area contributed by atoms with E-state index >= 15 is 0 Å². The van der Waals surface area contributed by atoms with Gasteiger partial charge in [0, 0.05) is 16.3 Å². The molecule has 4 rings (SSSR count). The lowest BCUT2D eigenvalue weighted by molar-refractivity contribution is -0.122. The van der Waals surface area contributed by atoms with Crippen LogP contribution in [0.15, 0.2) is 42.5 Å². The van der Waals surface area contributed by atoms with Crippen molar-refractivity contribution in [1.82, 2.24) is 0 Å². The molecule has 2 aromatic rings. The lowest BCUT2D eigenvalue weighted by atomic mass is 9.76. The normalized spacial score (nSPS) is 23.8. The summed E-state index contributed by atoms with van der Waals surface area (Å²) in [6, 6.07) is 11.9. The predicted octanol–water partition coefficient (Wildman–Crippen LogP) is 4.83. The number of fused-ring (bicyclic) bond motifs is 1. The topological polar surface area (TPSA) is 66.5 Å². The Bertz CT molecular complexity index is 986. The predicted molar refractivity (Wildman–Crippen MR) is 113 cm³/mol. The maximum absolute atomic E-state index is 12.8. The molecule has 1 heterocycles. The molecule has 3 atom stereocenters. The summed E-state index contributed by atoms with van der Waals surface area (Å²) in [5.41, 5.74) is 2.52. The molecule has 29 heavy (non-hydrogen) atoms. The van der Waals surface area contributed by atoms with E-state index < -0.39 is 0 Å². The summed E-state index contributed by atoms with van der Waals surface area (Å²) < 4.78 is 0. The van der Waals surface area contributed by atoms with Crippen LogP contribution in [0, 0.1) is 24.7 Å². The second-order valence-electron chi connectivity index (χ2n) is 8.10. The fraction of sp³-hybridized carbons (Fsp3) is 0.348. The Hall–Kier alpha value is -2.66. The summed E-state index contributed by atoms with van der Waals surface area (Å²) in [6.07, 6.45) is 2.52. The number of aryl methyl sites for hydroxylation is 1. The molecule has 1 aliphatic heterocycles. The molecule has 0 aromatic heterocycles. The Labute approximate surface area is 175 Å². The van der Waals surface area contributed by atoms with Crippen LogP contribution < -0.4 is 10.2 Å². The van der Waals surface area contributed by atoms with Gasteiger partial charge in [-0.1, -0.05) is 24.6 Å². The van der Waals surface area contributed by atoms with E-state index in [0.717, 1.165) is 24.8 Å². The highest BCUT2D eigenvalue weighted by Crippen LogP contribution is 2.42. The van der Waals surface area contributed by atoms with Crippen LogP contribution in [-0.4, -0.2) is 17.7 Å². The molecule has 0 unspecified atom stereocenters. The number of nitrogens with one attached hydrogen (secondary N) is 1. The average molecular weight is 411 g/mol. The monoisotopic (exact) mass is 410 g/mol. The minimum absolute atomic E-state index is 0.112. The number of hydrogen-bond donors (Lipinski definition) is 1. The lowest BCUT2D eigenvalue weighted by Crippen LogP contribution is -2.30. The summed E-state index contributed by atoms with van der Waals surface area (Å²) in [6.45, 7) is 4.02. The van der Waals surface area contributed by atoms with Crippen LogP contribution in [0.1, 0.15) is 42.1 Å². The third-order valence-electron chi connectivity index (χ3n) is 6.02. The zero-order chi connectivity index (χ0) is 20.7. The van der Waals surface area contributed by atoms with E-state index in [0.29, 0.717) is 27.9 Å². The van der Waals surface area contributed by atoms with Crippen LogP contribution in [-0.2, 0) is 9.59 Å². The summed E-state index contributed by atoms with van der Waals surface area (Å²) in [7, 11) is 0. The van der Waals surface area contributed by atoms with Gasteiger partial charge in [0.25, 0.3) is 5.91 Å². The first kappa shape index (κ1) is 19.6. The summed E-state index contributed by atoms with van der Waals surface area (Å²) in [5, 5.41) is 3.39. The number of carbonyl (C=O) groups excluding carboxylic acids is 3. The third kappa shape index (κ3) is 3.67. The number of anilines is 2. The van der Waals surface area contributed by atoms with Gasteiger partial charge in [0.2, 0.25) is 11.8 Å². The first-order valence-electron chi connectivity index (χ1n) is 9.90. The molecule has 0 spiro atoms. The molecule has 0 radical (unpaired) electrons. The summed E-state index contributed by atoms with van der Waals surface area (Å²) in [5.74, 6) is -0.443. The number of nitrogens with zero attached hydrogens (tertiary/aromatic N) is 1. The smallest absolute Gasteiger partial charge is 0.255 e. The SMILES string of the molecule is Cc1ccc(Cl)cc1NC(=O)c1ccc(N2C(=O)[C@H]3CC[C@H](C)C[C@@H]3C2=O)cc1. The van der Waals surface area contributed by atoms with Gasteiger partial charge < -0.3 is 5.32 Å². The van der Waals surface area contributed by atoms with E-state index in [1.807, 2.05) is 13.0 Å². The standard InChI is InChI=1S/C23H23ClN2O3/c1-13-3-10-18-19(11-13)23(29)26(22(18)28)17-8-5-15(6-9-17)21(27)25-20-12-16(24)7-4-14(20)2/h4-9,12-13,18-19H,3,10-11H2,1-2H3,(H,25,27)/t13-,18-,19-/m0/s1. The molecule has 1 aliphatic carbocycles. The Kier molecular flexibility index (Phi) is 5.17. The van der Waals surface area contributed by atoms with Crippen molar-refractivity contribution in [1.29, 1.82) is 0 Å². The highest BCUT2D eigenvalue weighted by atomic mass is 35.5. The van der Waals surface area contributed by atoms with Crippen molar-refractivity contribution >= 4 is 40.7 Å². The molecule has 1 N–H and O–H groups in total. The first-order valence-corrected chi connectivity index (χ1v) is 10.3. The molecule has 2 fully saturated rings. The van der Waals surface area contributed by atoms with Crippen molar-refractivity contribution in [3.05, 3.63) is 58.6 Å². The lowest BCUT2D eigenvalue weighted by Gasteiger charge is -2.25. The van der Waals surface area contributed by atoms with Crippen molar-refractivity contribution in [2.45, 2.75) is 33.1 Å². The average Bonchev–Trinajstić information content (AvgIpc) is 2.94. The molecule has 3 amide bonds. The molecular weight excluding hydrogens is 388 g/mol. The van der Waals surface area contributed by atoms with E-state index in [2.05, 4.69) is 12.2 Å².